The standard InChI is InChI=1S/C39H54O6/c1-34(2)18-20-39(33(43)44)21-19-37(6)25(26(39)23-34)10-12-30-36(5)16-15-31(35(3,4)29(36)14-17-38(30,37)7)45-32(42)13-9-24-8-11-27(40)28(41)22-24/h8-9,11,13,22-23,25,29-31,40-41H,10,12,14-21H2,1-7H3,(H,43,44)/t25-,29+,30-,31+,36+,37-,38-,39+/m1/s1. The summed E-state index contributed by atoms with van der Waals surface area (Å²) in [6.07, 6.45) is 14.9. The highest BCUT2D eigenvalue weighted by molar-refractivity contribution is 5.87. The van der Waals surface area contributed by atoms with Crippen molar-refractivity contribution in [2.75, 3.05) is 0 Å². The fraction of sp³-hybridized carbons (Fsp3) is 0.692. The third-order valence-corrected chi connectivity index (χ3v) is 14.6. The number of carboxylic acids is 1. The van der Waals surface area contributed by atoms with Gasteiger partial charge in [0.1, 0.15) is 6.10 Å². The smallest absolute Gasteiger partial charge is 0.331 e. The third-order valence-electron chi connectivity index (χ3n) is 14.6. The van der Waals surface area contributed by atoms with Crippen LogP contribution in [-0.4, -0.2) is 33.4 Å². The fourth-order valence-corrected chi connectivity index (χ4v) is 11.9. The Kier molecular flexibility index (Phi) is 7.42. The zero-order valence-electron chi connectivity index (χ0n) is 28.4. The van der Waals surface area contributed by atoms with Crippen LogP contribution in [0.1, 0.15) is 118 Å². The summed E-state index contributed by atoms with van der Waals surface area (Å²) in [6.45, 7) is 16.7. The van der Waals surface area contributed by atoms with Gasteiger partial charge in [0.15, 0.2) is 11.5 Å². The van der Waals surface area contributed by atoms with E-state index in [-0.39, 0.29) is 50.6 Å². The molecule has 3 N–H and O–H groups in total. The Bertz CT molecular complexity index is 1450. The summed E-state index contributed by atoms with van der Waals surface area (Å²) in [5.41, 5.74) is 1.32. The van der Waals surface area contributed by atoms with Gasteiger partial charge in [-0.15, -0.1) is 0 Å². The maximum Gasteiger partial charge on any atom is 0.331 e. The molecule has 8 atom stereocenters. The number of aliphatic carboxylic acids is 1. The molecule has 0 radical (unpaired) electrons. The molecular formula is C39H54O6. The number of allylic oxidation sites excluding steroid dienone is 1. The summed E-state index contributed by atoms with van der Waals surface area (Å²) < 4.78 is 6.15. The molecule has 0 spiro atoms. The van der Waals surface area contributed by atoms with Crippen LogP contribution >= 0.6 is 0 Å². The lowest BCUT2D eigenvalue weighted by atomic mass is 9.32. The largest absolute Gasteiger partial charge is 0.504 e. The molecule has 1 aromatic rings. The second-order valence-corrected chi connectivity index (χ2v) is 17.5. The number of aromatic hydroxyl groups is 2. The number of esters is 1. The quantitative estimate of drug-likeness (QED) is 0.135. The number of carbonyl (C=O) groups excluding carboxylic acids is 1. The van der Waals surface area contributed by atoms with E-state index in [0.29, 0.717) is 23.3 Å². The van der Waals surface area contributed by atoms with Gasteiger partial charge in [-0.3, -0.25) is 4.79 Å². The lowest BCUT2D eigenvalue weighted by Crippen LogP contribution is -2.66. The van der Waals surface area contributed by atoms with Gasteiger partial charge in [0.2, 0.25) is 0 Å². The maximum absolute atomic E-state index is 13.0. The van der Waals surface area contributed by atoms with Crippen LogP contribution in [0.3, 0.4) is 0 Å². The van der Waals surface area contributed by atoms with E-state index >= 15 is 0 Å². The molecule has 4 fully saturated rings. The molecule has 0 aliphatic heterocycles. The Balaban J connectivity index is 1.24. The van der Waals surface area contributed by atoms with Crippen LogP contribution in [0.2, 0.25) is 0 Å². The first kappa shape index (κ1) is 32.2. The molecule has 1 aromatic carbocycles. The van der Waals surface area contributed by atoms with Crippen molar-refractivity contribution >= 4 is 18.0 Å². The van der Waals surface area contributed by atoms with Gasteiger partial charge in [-0.1, -0.05) is 66.2 Å². The second-order valence-electron chi connectivity index (χ2n) is 17.5. The van der Waals surface area contributed by atoms with Crippen molar-refractivity contribution in [1.29, 1.82) is 0 Å². The fourth-order valence-electron chi connectivity index (χ4n) is 11.9. The molecule has 0 aromatic heterocycles. The van der Waals surface area contributed by atoms with Crippen LogP contribution in [0, 0.1) is 50.2 Å². The summed E-state index contributed by atoms with van der Waals surface area (Å²) in [4.78, 5) is 25.9. The van der Waals surface area contributed by atoms with E-state index in [9.17, 15) is 24.9 Å². The molecule has 6 rings (SSSR count). The van der Waals surface area contributed by atoms with E-state index in [1.54, 1.807) is 12.1 Å². The highest BCUT2D eigenvalue weighted by atomic mass is 16.5. The highest BCUT2D eigenvalue weighted by Crippen LogP contribution is 2.76. The summed E-state index contributed by atoms with van der Waals surface area (Å²) in [5, 5.41) is 30.0. The van der Waals surface area contributed by atoms with Gasteiger partial charge in [0, 0.05) is 11.5 Å². The molecule has 6 nitrogen and oxygen atoms in total. The van der Waals surface area contributed by atoms with Gasteiger partial charge in [-0.05, 0) is 127 Å². The maximum atomic E-state index is 13.0. The highest BCUT2D eigenvalue weighted by Gasteiger charge is 2.70. The van der Waals surface area contributed by atoms with Crippen molar-refractivity contribution in [2.45, 2.75) is 119 Å². The van der Waals surface area contributed by atoms with Gasteiger partial charge >= 0.3 is 11.9 Å². The predicted octanol–water partition coefficient (Wildman–Crippen LogP) is 8.91. The van der Waals surface area contributed by atoms with E-state index < -0.39 is 11.4 Å². The molecule has 0 unspecified atom stereocenters. The van der Waals surface area contributed by atoms with Crippen LogP contribution < -0.4 is 0 Å². The number of hydrogen-bond donors (Lipinski definition) is 3. The first-order chi connectivity index (χ1) is 20.9. The third kappa shape index (κ3) is 4.70. The molecule has 45 heavy (non-hydrogen) atoms. The van der Waals surface area contributed by atoms with E-state index in [0.717, 1.165) is 64.2 Å². The number of carbonyl (C=O) groups is 2. The number of carboxylic acid groups (broad SMARTS) is 1. The lowest BCUT2D eigenvalue weighted by molar-refractivity contribution is -0.233. The molecule has 6 heteroatoms. The van der Waals surface area contributed by atoms with Gasteiger partial charge < -0.3 is 20.1 Å². The normalized spacial score (nSPS) is 41.5. The number of hydrogen-bond acceptors (Lipinski definition) is 5. The van der Waals surface area contributed by atoms with E-state index in [4.69, 9.17) is 4.74 Å². The Morgan fingerprint density at radius 2 is 1.51 bits per heavy atom. The summed E-state index contributed by atoms with van der Waals surface area (Å²) in [7, 11) is 0. The summed E-state index contributed by atoms with van der Waals surface area (Å²) in [5.74, 6) is -0.139. The van der Waals surface area contributed by atoms with Crippen LogP contribution in [-0.2, 0) is 14.3 Å². The van der Waals surface area contributed by atoms with Crippen molar-refractivity contribution in [3.63, 3.8) is 0 Å². The average Bonchev–Trinajstić information content (AvgIpc) is 2.95. The number of phenolic OH excluding ortho intramolecular Hbond substituents is 2. The van der Waals surface area contributed by atoms with Crippen molar-refractivity contribution in [3.8, 4) is 11.5 Å². The second kappa shape index (κ2) is 10.4. The molecular weight excluding hydrogens is 564 g/mol. The topological polar surface area (TPSA) is 104 Å². The van der Waals surface area contributed by atoms with Crippen molar-refractivity contribution in [3.05, 3.63) is 41.5 Å². The number of benzene rings is 1. The van der Waals surface area contributed by atoms with E-state index in [2.05, 4.69) is 54.5 Å². The minimum atomic E-state index is -0.689. The summed E-state index contributed by atoms with van der Waals surface area (Å²) >= 11 is 0. The van der Waals surface area contributed by atoms with E-state index in [1.165, 1.54) is 23.8 Å². The zero-order valence-corrected chi connectivity index (χ0v) is 28.4. The van der Waals surface area contributed by atoms with Crippen molar-refractivity contribution in [2.24, 2.45) is 50.2 Å². The monoisotopic (exact) mass is 618 g/mol. The Hall–Kier alpha value is -2.76. The average molecular weight is 619 g/mol. The molecule has 4 saturated carbocycles. The predicted molar refractivity (Wildman–Crippen MR) is 175 cm³/mol. The van der Waals surface area contributed by atoms with Gasteiger partial charge in [0.25, 0.3) is 0 Å². The molecule has 0 amide bonds. The van der Waals surface area contributed by atoms with Gasteiger partial charge in [-0.2, -0.15) is 0 Å². The van der Waals surface area contributed by atoms with E-state index in [1.807, 2.05) is 0 Å². The van der Waals surface area contributed by atoms with Crippen molar-refractivity contribution < 1.29 is 29.6 Å². The number of rotatable bonds is 4. The molecule has 0 saturated heterocycles. The van der Waals surface area contributed by atoms with Crippen LogP contribution in [0.15, 0.2) is 35.9 Å². The minimum Gasteiger partial charge on any atom is -0.504 e. The Morgan fingerprint density at radius 1 is 0.800 bits per heavy atom. The molecule has 5 aliphatic rings. The number of phenols is 2. The minimum absolute atomic E-state index is 0.0365. The van der Waals surface area contributed by atoms with Crippen LogP contribution in [0.5, 0.6) is 11.5 Å². The first-order valence-electron chi connectivity index (χ1n) is 17.3. The molecule has 246 valence electrons. The molecule has 0 bridgehead atoms. The zero-order chi connectivity index (χ0) is 32.8. The molecule has 0 heterocycles. The summed E-state index contributed by atoms with van der Waals surface area (Å²) in [6, 6.07) is 4.46. The number of fused-ring (bicyclic) bond motifs is 7. The van der Waals surface area contributed by atoms with Crippen LogP contribution in [0.4, 0.5) is 0 Å². The lowest BCUT2D eigenvalue weighted by Gasteiger charge is -2.72. The van der Waals surface area contributed by atoms with Gasteiger partial charge in [0.05, 0.1) is 5.41 Å². The Morgan fingerprint density at radius 3 is 2.20 bits per heavy atom. The first-order valence-corrected chi connectivity index (χ1v) is 17.3. The van der Waals surface area contributed by atoms with Crippen LogP contribution in [0.25, 0.3) is 6.08 Å². The molecule has 5 aliphatic carbocycles. The SMILES string of the molecule is CC1(C)C=C2[C@H]3CC[C@@H]4[C@@]5(C)CC[C@H](OC(=O)C=Cc6ccc(O)c(O)c6)C(C)(C)[C@@H]5CC[C@@]4(C)[C@]3(C)CC[C@@]2(C(=O)O)CC1. The van der Waals surface area contributed by atoms with Gasteiger partial charge in [-0.25, -0.2) is 4.79 Å². The number of ether oxygens (including phenoxy) is 1. The van der Waals surface area contributed by atoms with Crippen molar-refractivity contribution in [1.82, 2.24) is 0 Å². The Labute approximate surface area is 269 Å².